The number of amides is 1. The lowest BCUT2D eigenvalue weighted by Gasteiger charge is -2.27. The van der Waals surface area contributed by atoms with Crippen LogP contribution < -0.4 is 5.73 Å². The van der Waals surface area contributed by atoms with E-state index >= 15 is 0 Å². The number of ether oxygens (including phenoxy) is 1. The molecule has 0 radical (unpaired) electrons. The van der Waals surface area contributed by atoms with Crippen LogP contribution in [0.5, 0.6) is 0 Å². The molecule has 1 saturated heterocycles. The third-order valence-corrected chi connectivity index (χ3v) is 3.76. The molecule has 1 aliphatic heterocycles. The molecule has 1 atom stereocenters. The fraction of sp³-hybridized carbons (Fsp3) is 0.471. The molecule has 1 aromatic carbocycles. The van der Waals surface area contributed by atoms with E-state index < -0.39 is 28.6 Å². The Labute approximate surface area is 156 Å². The predicted octanol–water partition coefficient (Wildman–Crippen LogP) is 2.16. The van der Waals surface area contributed by atoms with Crippen molar-refractivity contribution in [1.29, 1.82) is 0 Å². The number of carbonyl (C=O) groups is 2. The van der Waals surface area contributed by atoms with Crippen LogP contribution in [0.2, 0.25) is 0 Å². The highest BCUT2D eigenvalue weighted by Gasteiger charge is 2.38. The monoisotopic (exact) mass is 378 g/mol. The number of nitro groups is 1. The number of carbonyl (C=O) groups excluding carboxylic acids is 2. The highest BCUT2D eigenvalue weighted by molar-refractivity contribution is 5.97. The second-order valence-electron chi connectivity index (χ2n) is 7.02. The van der Waals surface area contributed by atoms with Crippen LogP contribution in [0.1, 0.15) is 39.2 Å². The van der Waals surface area contributed by atoms with Crippen molar-refractivity contribution >= 4 is 23.6 Å². The van der Waals surface area contributed by atoms with Gasteiger partial charge in [-0.1, -0.05) is 5.16 Å². The first-order valence-electron chi connectivity index (χ1n) is 8.37. The van der Waals surface area contributed by atoms with Crippen molar-refractivity contribution < 1.29 is 24.1 Å². The number of likely N-dealkylation sites (tertiary alicyclic amines) is 1. The van der Waals surface area contributed by atoms with E-state index in [4.69, 9.17) is 15.3 Å². The first-order valence-corrected chi connectivity index (χ1v) is 8.37. The Hall–Kier alpha value is -3.17. The van der Waals surface area contributed by atoms with Crippen molar-refractivity contribution in [2.45, 2.75) is 45.3 Å². The normalized spacial score (nSPS) is 17.5. The number of oxime groups is 1. The minimum Gasteiger partial charge on any atom is -0.444 e. The molecule has 0 saturated carbocycles. The molecule has 1 aromatic rings. The average molecular weight is 378 g/mol. The van der Waals surface area contributed by atoms with E-state index in [1.807, 2.05) is 0 Å². The third-order valence-electron chi connectivity index (χ3n) is 3.76. The minimum absolute atomic E-state index is 0.0949. The van der Waals surface area contributed by atoms with Gasteiger partial charge in [-0.3, -0.25) is 15.0 Å². The summed E-state index contributed by atoms with van der Waals surface area (Å²) in [5.74, 6) is -0.830. The van der Waals surface area contributed by atoms with Crippen molar-refractivity contribution in [2.24, 2.45) is 10.9 Å². The fourth-order valence-electron chi connectivity index (χ4n) is 2.51. The summed E-state index contributed by atoms with van der Waals surface area (Å²) in [4.78, 5) is 40.8. The van der Waals surface area contributed by atoms with Crippen LogP contribution >= 0.6 is 0 Å². The van der Waals surface area contributed by atoms with Gasteiger partial charge in [-0.15, -0.1) is 0 Å². The van der Waals surface area contributed by atoms with Gasteiger partial charge < -0.3 is 15.3 Å². The van der Waals surface area contributed by atoms with Gasteiger partial charge in [0.2, 0.25) is 0 Å². The van der Waals surface area contributed by atoms with Gasteiger partial charge in [-0.25, -0.2) is 9.59 Å². The fourth-order valence-corrected chi connectivity index (χ4v) is 2.51. The van der Waals surface area contributed by atoms with Gasteiger partial charge in [-0.05, 0) is 45.7 Å². The number of nitrogens with zero attached hydrogens (tertiary/aromatic N) is 3. The molecule has 0 spiro atoms. The lowest BCUT2D eigenvalue weighted by Crippen LogP contribution is -2.43. The number of amidine groups is 1. The molecule has 2 rings (SSSR count). The molecule has 27 heavy (non-hydrogen) atoms. The van der Waals surface area contributed by atoms with Crippen LogP contribution in [-0.4, -0.2) is 45.9 Å². The van der Waals surface area contributed by atoms with E-state index in [9.17, 15) is 19.7 Å². The number of rotatable bonds is 4. The van der Waals surface area contributed by atoms with E-state index in [1.165, 1.54) is 29.2 Å². The van der Waals surface area contributed by atoms with Gasteiger partial charge >= 0.3 is 12.1 Å². The molecule has 1 amide bonds. The largest absolute Gasteiger partial charge is 0.444 e. The quantitative estimate of drug-likeness (QED) is 0.278. The lowest BCUT2D eigenvalue weighted by molar-refractivity contribution is -0.384. The summed E-state index contributed by atoms with van der Waals surface area (Å²) < 4.78 is 5.29. The summed E-state index contributed by atoms with van der Waals surface area (Å²) in [6, 6.07) is 4.52. The summed E-state index contributed by atoms with van der Waals surface area (Å²) in [6.07, 6.45) is 0.486. The van der Waals surface area contributed by atoms with Gasteiger partial charge in [0.05, 0.1) is 4.92 Å². The highest BCUT2D eigenvalue weighted by Crippen LogP contribution is 2.22. The molecule has 0 aromatic heterocycles. The van der Waals surface area contributed by atoms with Crippen LogP contribution in [0.25, 0.3) is 0 Å². The summed E-state index contributed by atoms with van der Waals surface area (Å²) in [5.41, 5.74) is 5.34. The topological polar surface area (TPSA) is 137 Å². The molecule has 0 aliphatic carbocycles. The van der Waals surface area contributed by atoms with E-state index in [1.54, 1.807) is 20.8 Å². The second kappa shape index (κ2) is 8.02. The molecule has 1 aliphatic rings. The number of nitro benzene ring substituents is 1. The Morgan fingerprint density at radius 1 is 1.30 bits per heavy atom. The lowest BCUT2D eigenvalue weighted by atomic mass is 10.2. The second-order valence-corrected chi connectivity index (χ2v) is 7.02. The maximum absolute atomic E-state index is 12.3. The molecular weight excluding hydrogens is 356 g/mol. The Kier molecular flexibility index (Phi) is 5.98. The van der Waals surface area contributed by atoms with Crippen molar-refractivity contribution in [2.75, 3.05) is 6.54 Å². The summed E-state index contributed by atoms with van der Waals surface area (Å²) in [6.45, 7) is 5.60. The standard InChI is InChI=1S/C17H22N4O6/c1-17(2,3)26-16(23)20-10-4-5-13(20)15(22)27-19-14(18)11-6-8-12(9-7-11)21(24)25/h6-9,13H,4-5,10H2,1-3H3,(H2,18,19)/t13-/m0/s1. The summed E-state index contributed by atoms with van der Waals surface area (Å²) >= 11 is 0. The smallest absolute Gasteiger partial charge is 0.411 e. The van der Waals surface area contributed by atoms with Crippen LogP contribution in [0.15, 0.2) is 29.4 Å². The molecule has 146 valence electrons. The van der Waals surface area contributed by atoms with Gasteiger partial charge in [-0.2, -0.15) is 0 Å². The van der Waals surface area contributed by atoms with E-state index in [0.29, 0.717) is 24.9 Å². The molecule has 0 bridgehead atoms. The maximum Gasteiger partial charge on any atom is 0.411 e. The van der Waals surface area contributed by atoms with E-state index in [0.717, 1.165) is 0 Å². The van der Waals surface area contributed by atoms with Crippen LogP contribution in [0.4, 0.5) is 10.5 Å². The Morgan fingerprint density at radius 2 is 1.93 bits per heavy atom. The van der Waals surface area contributed by atoms with Crippen LogP contribution in [-0.2, 0) is 14.4 Å². The van der Waals surface area contributed by atoms with E-state index in [2.05, 4.69) is 5.16 Å². The number of non-ortho nitro benzene ring substituents is 1. The molecule has 10 nitrogen and oxygen atoms in total. The molecule has 0 unspecified atom stereocenters. The molecular formula is C17H22N4O6. The van der Waals surface area contributed by atoms with Gasteiger partial charge in [0.1, 0.15) is 11.6 Å². The van der Waals surface area contributed by atoms with Crippen molar-refractivity contribution in [1.82, 2.24) is 4.90 Å². The summed E-state index contributed by atoms with van der Waals surface area (Å²) in [5, 5.41) is 14.2. The van der Waals surface area contributed by atoms with Crippen molar-refractivity contribution in [3.8, 4) is 0 Å². The maximum atomic E-state index is 12.3. The van der Waals surface area contributed by atoms with Gasteiger partial charge in [0, 0.05) is 24.2 Å². The minimum atomic E-state index is -0.798. The summed E-state index contributed by atoms with van der Waals surface area (Å²) in [7, 11) is 0. The zero-order valence-electron chi connectivity index (χ0n) is 15.4. The van der Waals surface area contributed by atoms with E-state index in [-0.39, 0.29) is 11.5 Å². The SMILES string of the molecule is CC(C)(C)OC(=O)N1CCC[C@H]1C(=O)O/N=C(\N)c1ccc([N+](=O)[O-])cc1. The Bertz CT molecular complexity index is 754. The Balaban J connectivity index is 2.01. The van der Waals surface area contributed by atoms with Crippen LogP contribution in [0, 0.1) is 10.1 Å². The van der Waals surface area contributed by atoms with Gasteiger partial charge in [0.15, 0.2) is 5.84 Å². The predicted molar refractivity (Wildman–Crippen MR) is 95.9 cm³/mol. The van der Waals surface area contributed by atoms with Crippen molar-refractivity contribution in [3.63, 3.8) is 0 Å². The Morgan fingerprint density at radius 3 is 2.48 bits per heavy atom. The molecule has 10 heteroatoms. The average Bonchev–Trinajstić information content (AvgIpc) is 3.08. The molecule has 1 fully saturated rings. The zero-order chi connectivity index (χ0) is 20.2. The van der Waals surface area contributed by atoms with Crippen molar-refractivity contribution in [3.05, 3.63) is 39.9 Å². The number of nitrogens with two attached hydrogens (primary N) is 1. The highest BCUT2D eigenvalue weighted by atomic mass is 16.7. The van der Waals surface area contributed by atoms with Gasteiger partial charge in [0.25, 0.3) is 5.69 Å². The first-order chi connectivity index (χ1) is 12.6. The third kappa shape index (κ3) is 5.40. The number of hydrogen-bond donors (Lipinski definition) is 1. The number of benzene rings is 1. The molecule has 1 heterocycles. The molecule has 2 N–H and O–H groups in total. The first kappa shape index (κ1) is 20.1. The van der Waals surface area contributed by atoms with Crippen LogP contribution in [0.3, 0.4) is 0 Å². The number of hydrogen-bond acceptors (Lipinski definition) is 7. The zero-order valence-corrected chi connectivity index (χ0v) is 15.4.